The van der Waals surface area contributed by atoms with Crippen LogP contribution in [-0.2, 0) is 4.74 Å². The van der Waals surface area contributed by atoms with Crippen LogP contribution in [0.1, 0.15) is 58.8 Å². The van der Waals surface area contributed by atoms with E-state index in [0.29, 0.717) is 0 Å². The topological polar surface area (TPSA) is 9.23 Å². The van der Waals surface area contributed by atoms with Gasteiger partial charge in [0.05, 0.1) is 12.4 Å². The van der Waals surface area contributed by atoms with E-state index in [4.69, 9.17) is 4.74 Å². The Kier molecular flexibility index (Phi) is 4.31. The molecule has 0 aromatic heterocycles. The molecule has 0 N–H and O–H groups in total. The maximum absolute atomic E-state index is 5.76. The van der Waals surface area contributed by atoms with E-state index < -0.39 is 0 Å². The third-order valence-electron chi connectivity index (χ3n) is 4.24. The quantitative estimate of drug-likeness (QED) is 0.681. The maximum Gasteiger partial charge on any atom is 0.0920 e. The van der Waals surface area contributed by atoms with Crippen LogP contribution < -0.4 is 0 Å². The second-order valence-corrected chi connectivity index (χ2v) is 5.99. The minimum Gasteiger partial charge on any atom is -0.498 e. The van der Waals surface area contributed by atoms with Crippen LogP contribution in [0.25, 0.3) is 0 Å². The van der Waals surface area contributed by atoms with E-state index in [1.807, 2.05) is 0 Å². The summed E-state index contributed by atoms with van der Waals surface area (Å²) >= 11 is 0. The summed E-state index contributed by atoms with van der Waals surface area (Å²) in [6.07, 6.45) is 11.9. The summed E-state index contributed by atoms with van der Waals surface area (Å²) in [6, 6.07) is 0. The Morgan fingerprint density at radius 2 is 1.88 bits per heavy atom. The molecule has 0 bridgehead atoms. The molecule has 2 rings (SSSR count). The number of hydrogen-bond acceptors (Lipinski definition) is 1. The lowest BCUT2D eigenvalue weighted by atomic mass is 9.81. The number of hydrogen-bond donors (Lipinski definition) is 0. The number of rotatable bonds is 3. The van der Waals surface area contributed by atoms with Crippen LogP contribution in [0.4, 0.5) is 0 Å². The molecule has 1 nitrogen and oxygen atoms in total. The summed E-state index contributed by atoms with van der Waals surface area (Å²) in [5.41, 5.74) is 0. The van der Waals surface area contributed by atoms with Crippen molar-refractivity contribution in [1.29, 1.82) is 0 Å². The van der Waals surface area contributed by atoms with E-state index in [1.165, 1.54) is 50.7 Å². The second-order valence-electron chi connectivity index (χ2n) is 5.99. The van der Waals surface area contributed by atoms with Gasteiger partial charge in [-0.2, -0.15) is 0 Å². The molecule has 1 saturated carbocycles. The summed E-state index contributed by atoms with van der Waals surface area (Å²) in [5.74, 6) is 3.94. The zero-order valence-corrected chi connectivity index (χ0v) is 10.9. The smallest absolute Gasteiger partial charge is 0.0920 e. The third kappa shape index (κ3) is 3.54. The van der Waals surface area contributed by atoms with Gasteiger partial charge in [0.1, 0.15) is 0 Å². The Hall–Kier alpha value is -0.460. The lowest BCUT2D eigenvalue weighted by molar-refractivity contribution is 0.140. The molecular weight excluding hydrogens is 196 g/mol. The van der Waals surface area contributed by atoms with Crippen molar-refractivity contribution in [1.82, 2.24) is 0 Å². The van der Waals surface area contributed by atoms with Crippen LogP contribution in [-0.4, -0.2) is 6.61 Å². The van der Waals surface area contributed by atoms with E-state index >= 15 is 0 Å². The average Bonchev–Trinajstić information content (AvgIpc) is 2.30. The van der Waals surface area contributed by atoms with Crippen LogP contribution in [0.15, 0.2) is 11.8 Å². The lowest BCUT2D eigenvalue weighted by Gasteiger charge is -2.27. The van der Waals surface area contributed by atoms with E-state index in [9.17, 15) is 0 Å². The first-order valence-corrected chi connectivity index (χ1v) is 7.06. The first kappa shape index (κ1) is 12.0. The van der Waals surface area contributed by atoms with Gasteiger partial charge in [0.15, 0.2) is 0 Å². The monoisotopic (exact) mass is 222 g/mol. The van der Waals surface area contributed by atoms with Crippen LogP contribution in [0.3, 0.4) is 0 Å². The van der Waals surface area contributed by atoms with Crippen LogP contribution >= 0.6 is 0 Å². The van der Waals surface area contributed by atoms with Crippen molar-refractivity contribution >= 4 is 0 Å². The zero-order valence-electron chi connectivity index (χ0n) is 10.9. The van der Waals surface area contributed by atoms with Gasteiger partial charge in [-0.15, -0.1) is 0 Å². The molecule has 1 aliphatic carbocycles. The van der Waals surface area contributed by atoms with Crippen molar-refractivity contribution in [2.24, 2.45) is 17.8 Å². The van der Waals surface area contributed by atoms with Gasteiger partial charge in [0.25, 0.3) is 0 Å². The summed E-state index contributed by atoms with van der Waals surface area (Å²) in [5, 5.41) is 0. The highest BCUT2D eigenvalue weighted by molar-refractivity contribution is 4.97. The molecule has 1 heterocycles. The molecule has 0 radical (unpaired) electrons. The highest BCUT2D eigenvalue weighted by atomic mass is 16.5. The van der Waals surface area contributed by atoms with Crippen LogP contribution in [0.5, 0.6) is 0 Å². The largest absolute Gasteiger partial charge is 0.498 e. The Morgan fingerprint density at radius 1 is 1.12 bits per heavy atom. The Labute approximate surface area is 100 Å². The third-order valence-corrected chi connectivity index (χ3v) is 4.24. The molecule has 0 aromatic rings. The Balaban J connectivity index is 1.67. The highest BCUT2D eigenvalue weighted by Crippen LogP contribution is 2.32. The van der Waals surface area contributed by atoms with Crippen molar-refractivity contribution in [2.75, 3.05) is 6.61 Å². The Bertz CT molecular complexity index is 236. The van der Waals surface area contributed by atoms with Gasteiger partial charge in [-0.1, -0.05) is 39.5 Å². The van der Waals surface area contributed by atoms with Gasteiger partial charge in [0.2, 0.25) is 0 Å². The minimum absolute atomic E-state index is 0.722. The molecule has 1 unspecified atom stereocenters. The molecule has 0 aromatic carbocycles. The lowest BCUT2D eigenvalue weighted by Crippen LogP contribution is -2.14. The fourth-order valence-corrected chi connectivity index (χ4v) is 2.85. The van der Waals surface area contributed by atoms with Gasteiger partial charge < -0.3 is 4.74 Å². The molecule has 0 spiro atoms. The highest BCUT2D eigenvalue weighted by Gasteiger charge is 2.19. The first-order chi connectivity index (χ1) is 7.74. The predicted molar refractivity (Wildman–Crippen MR) is 68.2 cm³/mol. The molecule has 1 heteroatoms. The van der Waals surface area contributed by atoms with Crippen molar-refractivity contribution < 1.29 is 4.74 Å². The molecule has 1 fully saturated rings. The van der Waals surface area contributed by atoms with Gasteiger partial charge in [-0.05, 0) is 36.7 Å². The number of allylic oxidation sites excluding steroid dienone is 2. The molecule has 92 valence electrons. The van der Waals surface area contributed by atoms with Crippen LogP contribution in [0, 0.1) is 17.8 Å². The molecular formula is C15H26O. The fraction of sp³-hybridized carbons (Fsp3) is 0.867. The standard InChI is InChI=1S/C15H26O/c1-12-3-6-14(7-4-12)8-10-15-9-5-13(2)11-16-15/h9,12-14H,3-8,10-11H2,1-2H3. The van der Waals surface area contributed by atoms with E-state index in [-0.39, 0.29) is 0 Å². The van der Waals surface area contributed by atoms with Crippen LogP contribution in [0.2, 0.25) is 0 Å². The summed E-state index contributed by atoms with van der Waals surface area (Å²) in [4.78, 5) is 0. The molecule has 0 amide bonds. The Morgan fingerprint density at radius 3 is 2.50 bits per heavy atom. The summed E-state index contributed by atoms with van der Waals surface area (Å²) in [7, 11) is 0. The van der Waals surface area contributed by atoms with Crippen molar-refractivity contribution in [3.05, 3.63) is 11.8 Å². The molecule has 2 aliphatic rings. The predicted octanol–water partition coefficient (Wildman–Crippen LogP) is 4.53. The van der Waals surface area contributed by atoms with Gasteiger partial charge in [0, 0.05) is 6.42 Å². The zero-order chi connectivity index (χ0) is 11.4. The van der Waals surface area contributed by atoms with Crippen molar-refractivity contribution in [2.45, 2.75) is 58.8 Å². The van der Waals surface area contributed by atoms with Gasteiger partial charge in [-0.25, -0.2) is 0 Å². The fourth-order valence-electron chi connectivity index (χ4n) is 2.85. The summed E-state index contributed by atoms with van der Waals surface area (Å²) < 4.78 is 5.76. The summed E-state index contributed by atoms with van der Waals surface area (Å²) in [6.45, 7) is 5.59. The first-order valence-electron chi connectivity index (χ1n) is 7.06. The molecule has 0 saturated heterocycles. The van der Waals surface area contributed by atoms with Crippen molar-refractivity contribution in [3.63, 3.8) is 0 Å². The van der Waals surface area contributed by atoms with E-state index in [2.05, 4.69) is 19.9 Å². The van der Waals surface area contributed by atoms with Gasteiger partial charge in [-0.3, -0.25) is 0 Å². The van der Waals surface area contributed by atoms with E-state index in [1.54, 1.807) is 0 Å². The van der Waals surface area contributed by atoms with E-state index in [0.717, 1.165) is 24.4 Å². The SMILES string of the molecule is CC1CCC(CCC2=CCC(C)CO2)CC1. The molecule has 1 atom stereocenters. The minimum atomic E-state index is 0.722. The number of ether oxygens (including phenoxy) is 1. The molecule has 16 heavy (non-hydrogen) atoms. The normalized spacial score (nSPS) is 35.4. The maximum atomic E-state index is 5.76. The second kappa shape index (κ2) is 5.75. The van der Waals surface area contributed by atoms with Gasteiger partial charge >= 0.3 is 0 Å². The van der Waals surface area contributed by atoms with Crippen molar-refractivity contribution in [3.8, 4) is 0 Å². The molecule has 1 aliphatic heterocycles. The average molecular weight is 222 g/mol.